The molecule has 0 aromatic carbocycles. The van der Waals surface area contributed by atoms with Gasteiger partial charge in [-0.05, 0) is 58.0 Å². The predicted octanol–water partition coefficient (Wildman–Crippen LogP) is 1.93. The molecule has 0 spiro atoms. The molecule has 2 heterocycles. The number of guanidine groups is 1. The quantitative estimate of drug-likeness (QED) is 0.217. The van der Waals surface area contributed by atoms with Gasteiger partial charge in [-0.1, -0.05) is 6.92 Å². The Balaban J connectivity index is 1.60. The number of amides is 3. The number of imide groups is 1. The Morgan fingerprint density at radius 3 is 2.42 bits per heavy atom. The summed E-state index contributed by atoms with van der Waals surface area (Å²) in [6.07, 6.45) is -0.576. The Kier molecular flexibility index (Phi) is 8.96. The molecule has 0 bridgehead atoms. The average molecular weight is 449 g/mol. The third kappa shape index (κ3) is 7.55. The van der Waals surface area contributed by atoms with Crippen LogP contribution in [-0.4, -0.2) is 85.7 Å². The van der Waals surface area contributed by atoms with Gasteiger partial charge in [-0.3, -0.25) is 19.6 Å². The van der Waals surface area contributed by atoms with E-state index in [9.17, 15) is 22.8 Å². The van der Waals surface area contributed by atoms with E-state index in [1.165, 1.54) is 9.80 Å². The molecule has 31 heavy (non-hydrogen) atoms. The predicted molar refractivity (Wildman–Crippen MR) is 113 cm³/mol. The molecule has 2 saturated heterocycles. The molecule has 0 saturated carbocycles. The van der Waals surface area contributed by atoms with Crippen LogP contribution in [0.25, 0.3) is 0 Å². The Morgan fingerprint density at radius 2 is 1.87 bits per heavy atom. The zero-order valence-corrected chi connectivity index (χ0v) is 18.6. The lowest BCUT2D eigenvalue weighted by atomic mass is 9.93. The number of aliphatic imine (C=N–C) groups is 1. The SMILES string of the molecule is CCC1(C)NC(=O)N(CCCNC(=NC)NCCC2CCN(CC(F)(F)F)CC2)C1=O. The zero-order chi connectivity index (χ0) is 23.1. The lowest BCUT2D eigenvalue weighted by molar-refractivity contribution is -0.148. The summed E-state index contributed by atoms with van der Waals surface area (Å²) in [5, 5.41) is 9.12. The van der Waals surface area contributed by atoms with Gasteiger partial charge in [0.05, 0.1) is 6.54 Å². The Hall–Kier alpha value is -2.04. The van der Waals surface area contributed by atoms with Gasteiger partial charge in [-0.15, -0.1) is 0 Å². The summed E-state index contributed by atoms with van der Waals surface area (Å²) in [7, 11) is 1.66. The van der Waals surface area contributed by atoms with Crippen molar-refractivity contribution in [1.29, 1.82) is 0 Å². The number of carbonyl (C=O) groups is 2. The second-order valence-corrected chi connectivity index (χ2v) is 8.48. The number of piperidine rings is 1. The van der Waals surface area contributed by atoms with Crippen LogP contribution >= 0.6 is 0 Å². The molecule has 0 aliphatic carbocycles. The molecular formula is C20H35F3N6O2. The highest BCUT2D eigenvalue weighted by Crippen LogP contribution is 2.24. The number of hydrogen-bond donors (Lipinski definition) is 3. The standard InChI is InChI=1S/C20H35F3N6O2/c1-4-19(2)16(30)29(18(31)27-19)11-5-9-25-17(24-3)26-10-6-15-7-12-28(13-8-15)14-20(21,22)23/h15H,4-14H2,1-3H3,(H,27,31)(H2,24,25,26). The largest absolute Gasteiger partial charge is 0.401 e. The second kappa shape index (κ2) is 11.0. The first-order valence-electron chi connectivity index (χ1n) is 11.0. The minimum Gasteiger partial charge on any atom is -0.356 e. The minimum atomic E-state index is -4.13. The number of hydrogen-bond acceptors (Lipinski definition) is 4. The van der Waals surface area contributed by atoms with Crippen molar-refractivity contribution in [3.63, 3.8) is 0 Å². The molecule has 3 amide bonds. The number of nitrogens with zero attached hydrogens (tertiary/aromatic N) is 3. The van der Waals surface area contributed by atoms with Gasteiger partial charge in [-0.2, -0.15) is 13.2 Å². The van der Waals surface area contributed by atoms with Gasteiger partial charge < -0.3 is 16.0 Å². The molecule has 8 nitrogen and oxygen atoms in total. The number of halogens is 3. The summed E-state index contributed by atoms with van der Waals surface area (Å²) in [4.78, 5) is 31.3. The monoisotopic (exact) mass is 448 g/mol. The van der Waals surface area contributed by atoms with Gasteiger partial charge in [0.2, 0.25) is 0 Å². The molecule has 0 aromatic heterocycles. The maximum atomic E-state index is 12.5. The van der Waals surface area contributed by atoms with Crippen molar-refractivity contribution in [1.82, 2.24) is 25.8 Å². The van der Waals surface area contributed by atoms with Crippen molar-refractivity contribution in [3.05, 3.63) is 0 Å². The zero-order valence-electron chi connectivity index (χ0n) is 18.6. The number of urea groups is 1. The van der Waals surface area contributed by atoms with E-state index in [0.717, 1.165) is 19.3 Å². The first-order chi connectivity index (χ1) is 14.6. The Labute approximate surface area is 182 Å². The fourth-order valence-electron chi connectivity index (χ4n) is 3.94. The number of carbonyl (C=O) groups excluding carboxylic acids is 2. The van der Waals surface area contributed by atoms with Gasteiger partial charge in [0.25, 0.3) is 5.91 Å². The summed E-state index contributed by atoms with van der Waals surface area (Å²) in [5.41, 5.74) is -0.814. The van der Waals surface area contributed by atoms with Crippen LogP contribution in [0, 0.1) is 5.92 Å². The van der Waals surface area contributed by atoms with Crippen LogP contribution in [0.4, 0.5) is 18.0 Å². The normalized spacial score (nSPS) is 23.9. The molecule has 2 rings (SSSR count). The van der Waals surface area contributed by atoms with Gasteiger partial charge in [0.1, 0.15) is 5.54 Å². The number of likely N-dealkylation sites (tertiary alicyclic amines) is 1. The van der Waals surface area contributed by atoms with Crippen LogP contribution < -0.4 is 16.0 Å². The molecule has 178 valence electrons. The van der Waals surface area contributed by atoms with Crippen LogP contribution in [0.1, 0.15) is 46.0 Å². The van der Waals surface area contributed by atoms with E-state index in [4.69, 9.17) is 0 Å². The molecule has 3 N–H and O–H groups in total. The van der Waals surface area contributed by atoms with Crippen molar-refractivity contribution in [2.45, 2.75) is 57.7 Å². The molecule has 0 radical (unpaired) electrons. The smallest absolute Gasteiger partial charge is 0.356 e. The van der Waals surface area contributed by atoms with Crippen LogP contribution in [0.5, 0.6) is 0 Å². The summed E-state index contributed by atoms with van der Waals surface area (Å²) < 4.78 is 37.4. The van der Waals surface area contributed by atoms with Crippen LogP contribution in [0.3, 0.4) is 0 Å². The van der Waals surface area contributed by atoms with Gasteiger partial charge in [0.15, 0.2) is 5.96 Å². The molecular weight excluding hydrogens is 413 g/mol. The van der Waals surface area contributed by atoms with Crippen LogP contribution in [0.15, 0.2) is 4.99 Å². The lowest BCUT2D eigenvalue weighted by Crippen LogP contribution is -2.43. The molecule has 11 heteroatoms. The first kappa shape index (κ1) is 25.2. The van der Waals surface area contributed by atoms with Crippen LogP contribution in [0.2, 0.25) is 0 Å². The van der Waals surface area contributed by atoms with E-state index in [-0.39, 0.29) is 11.9 Å². The fraction of sp³-hybridized carbons (Fsp3) is 0.850. The average Bonchev–Trinajstić information content (AvgIpc) is 2.93. The molecule has 2 fully saturated rings. The maximum Gasteiger partial charge on any atom is 0.401 e. The summed E-state index contributed by atoms with van der Waals surface area (Å²) in [6.45, 7) is 5.31. The summed E-state index contributed by atoms with van der Waals surface area (Å²) in [5.74, 6) is 0.844. The third-order valence-corrected chi connectivity index (χ3v) is 6.08. The number of rotatable bonds is 9. The lowest BCUT2D eigenvalue weighted by Gasteiger charge is -2.32. The first-order valence-corrected chi connectivity index (χ1v) is 11.0. The van der Waals surface area contributed by atoms with Gasteiger partial charge in [-0.25, -0.2) is 4.79 Å². The van der Waals surface area contributed by atoms with Crippen molar-refractivity contribution < 1.29 is 22.8 Å². The van der Waals surface area contributed by atoms with Gasteiger partial charge >= 0.3 is 12.2 Å². The Bertz CT molecular complexity index is 649. The Morgan fingerprint density at radius 1 is 1.23 bits per heavy atom. The number of nitrogens with one attached hydrogen (secondary N) is 3. The molecule has 2 aliphatic heterocycles. The van der Waals surface area contributed by atoms with E-state index in [0.29, 0.717) is 57.4 Å². The highest BCUT2D eigenvalue weighted by molar-refractivity contribution is 6.06. The van der Waals surface area contributed by atoms with Crippen molar-refractivity contribution in [3.8, 4) is 0 Å². The number of alkyl halides is 3. The molecule has 2 aliphatic rings. The van der Waals surface area contributed by atoms with Gasteiger partial charge in [0, 0.05) is 26.7 Å². The topological polar surface area (TPSA) is 89.1 Å². The molecule has 1 unspecified atom stereocenters. The summed E-state index contributed by atoms with van der Waals surface area (Å²) >= 11 is 0. The van der Waals surface area contributed by atoms with Crippen molar-refractivity contribution in [2.75, 3.05) is 46.3 Å². The minimum absolute atomic E-state index is 0.191. The van der Waals surface area contributed by atoms with E-state index in [2.05, 4.69) is 20.9 Å². The van der Waals surface area contributed by atoms with Crippen molar-refractivity contribution in [2.24, 2.45) is 10.9 Å². The van der Waals surface area contributed by atoms with E-state index < -0.39 is 18.3 Å². The van der Waals surface area contributed by atoms with Crippen LogP contribution in [-0.2, 0) is 4.79 Å². The molecule has 1 atom stereocenters. The van der Waals surface area contributed by atoms with E-state index in [1.54, 1.807) is 14.0 Å². The van der Waals surface area contributed by atoms with Crippen molar-refractivity contribution >= 4 is 17.9 Å². The molecule has 0 aromatic rings. The van der Waals surface area contributed by atoms with E-state index >= 15 is 0 Å². The van der Waals surface area contributed by atoms with E-state index in [1.807, 2.05) is 6.92 Å². The highest BCUT2D eigenvalue weighted by Gasteiger charge is 2.45. The summed E-state index contributed by atoms with van der Waals surface area (Å²) in [6, 6.07) is -0.349. The second-order valence-electron chi connectivity index (χ2n) is 8.48. The highest BCUT2D eigenvalue weighted by atomic mass is 19.4. The fourth-order valence-corrected chi connectivity index (χ4v) is 3.94. The third-order valence-electron chi connectivity index (χ3n) is 6.08. The maximum absolute atomic E-state index is 12.5.